The van der Waals surface area contributed by atoms with Crippen LogP contribution in [0.2, 0.25) is 0 Å². The number of furan rings is 1. The first-order valence-corrected chi connectivity index (χ1v) is 6.70. The number of nitrogens with one attached hydrogen (secondary N) is 1. The van der Waals surface area contributed by atoms with E-state index in [1.165, 1.54) is 12.1 Å². The van der Waals surface area contributed by atoms with E-state index in [-0.39, 0.29) is 5.82 Å². The Bertz CT molecular complexity index is 689. The van der Waals surface area contributed by atoms with Crippen LogP contribution >= 0.6 is 0 Å². The minimum atomic E-state index is -0.239. The van der Waals surface area contributed by atoms with Gasteiger partial charge in [-0.2, -0.15) is 5.10 Å². The van der Waals surface area contributed by atoms with Crippen molar-refractivity contribution in [3.8, 4) is 11.3 Å². The van der Waals surface area contributed by atoms with Crippen LogP contribution in [0.5, 0.6) is 0 Å². The van der Waals surface area contributed by atoms with Gasteiger partial charge in [0, 0.05) is 29.8 Å². The third-order valence-corrected chi connectivity index (χ3v) is 3.32. The van der Waals surface area contributed by atoms with Gasteiger partial charge in [0.05, 0.1) is 24.4 Å². The topological polar surface area (TPSA) is 45.1 Å². The van der Waals surface area contributed by atoms with E-state index in [0.29, 0.717) is 0 Å². The molecule has 0 fully saturated rings. The van der Waals surface area contributed by atoms with Crippen molar-refractivity contribution in [1.29, 1.82) is 0 Å². The van der Waals surface area contributed by atoms with E-state index in [9.17, 15) is 4.39 Å². The molecule has 0 spiro atoms. The summed E-state index contributed by atoms with van der Waals surface area (Å²) in [5, 5.41) is 7.10. The molecule has 0 saturated heterocycles. The molecule has 2 heterocycles. The zero-order chi connectivity index (χ0) is 14.7. The predicted octanol–water partition coefficient (Wildman–Crippen LogP) is 3.44. The van der Waals surface area contributed by atoms with Crippen molar-refractivity contribution in [1.82, 2.24) is 15.1 Å². The molecular weight excluding hydrogens is 269 g/mol. The van der Waals surface area contributed by atoms with Gasteiger partial charge in [-0.1, -0.05) is 0 Å². The van der Waals surface area contributed by atoms with Gasteiger partial charge in [-0.25, -0.2) is 4.39 Å². The summed E-state index contributed by atoms with van der Waals surface area (Å²) < 4.78 is 18.1. The number of aromatic nitrogens is 2. The largest absolute Gasteiger partial charge is 0.472 e. The molecule has 1 aromatic carbocycles. The van der Waals surface area contributed by atoms with Gasteiger partial charge in [-0.05, 0) is 37.4 Å². The molecule has 3 aromatic rings. The van der Waals surface area contributed by atoms with Gasteiger partial charge < -0.3 is 4.42 Å². The molecule has 2 aromatic heterocycles. The Morgan fingerprint density at radius 1 is 1.19 bits per heavy atom. The van der Waals surface area contributed by atoms with Crippen molar-refractivity contribution in [2.45, 2.75) is 13.1 Å². The van der Waals surface area contributed by atoms with Gasteiger partial charge in [-0.15, -0.1) is 0 Å². The Labute approximate surface area is 122 Å². The molecule has 1 N–H and O–H groups in total. The fourth-order valence-corrected chi connectivity index (χ4v) is 2.34. The lowest BCUT2D eigenvalue weighted by molar-refractivity contribution is 0.318. The highest BCUT2D eigenvalue weighted by molar-refractivity contribution is 5.62. The van der Waals surface area contributed by atoms with E-state index >= 15 is 0 Å². The summed E-state index contributed by atoms with van der Waals surface area (Å²) >= 11 is 0. The summed E-state index contributed by atoms with van der Waals surface area (Å²) in [5.74, 6) is -0.239. The summed E-state index contributed by atoms with van der Waals surface area (Å²) in [4.78, 5) is 2.17. The fraction of sp³-hybridized carbons (Fsp3) is 0.188. The first-order valence-electron chi connectivity index (χ1n) is 6.70. The number of halogens is 1. The van der Waals surface area contributed by atoms with Crippen LogP contribution in [-0.4, -0.2) is 22.1 Å². The second-order valence-electron chi connectivity index (χ2n) is 5.08. The monoisotopic (exact) mass is 285 g/mol. The van der Waals surface area contributed by atoms with Gasteiger partial charge in [-0.3, -0.25) is 10.00 Å². The maximum atomic E-state index is 13.0. The molecule has 0 unspecified atom stereocenters. The van der Waals surface area contributed by atoms with Crippen LogP contribution < -0.4 is 0 Å². The van der Waals surface area contributed by atoms with Gasteiger partial charge in [0.15, 0.2) is 0 Å². The Morgan fingerprint density at radius 2 is 2.00 bits per heavy atom. The van der Waals surface area contributed by atoms with Crippen LogP contribution in [0.3, 0.4) is 0 Å². The van der Waals surface area contributed by atoms with Gasteiger partial charge in [0.2, 0.25) is 0 Å². The number of benzene rings is 1. The van der Waals surface area contributed by atoms with Crippen molar-refractivity contribution in [3.63, 3.8) is 0 Å². The van der Waals surface area contributed by atoms with E-state index in [1.54, 1.807) is 24.7 Å². The number of nitrogens with zero attached hydrogens (tertiary/aromatic N) is 2. The maximum Gasteiger partial charge on any atom is 0.123 e. The number of hydrogen-bond donors (Lipinski definition) is 1. The second-order valence-corrected chi connectivity index (χ2v) is 5.08. The standard InChI is InChI=1S/C16H16FN3O/c1-20(9-12-6-7-21-11-12)10-14-8-18-19-16(14)13-2-4-15(17)5-3-13/h2-8,11H,9-10H2,1H3,(H,18,19). The van der Waals surface area contributed by atoms with Crippen LogP contribution in [0.1, 0.15) is 11.1 Å². The Hall–Kier alpha value is -2.40. The minimum Gasteiger partial charge on any atom is -0.472 e. The number of H-pyrrole nitrogens is 1. The first kappa shape index (κ1) is 13.6. The van der Waals surface area contributed by atoms with Crippen molar-refractivity contribution in [2.75, 3.05) is 7.05 Å². The lowest BCUT2D eigenvalue weighted by atomic mass is 10.1. The normalized spacial score (nSPS) is 11.2. The smallest absolute Gasteiger partial charge is 0.123 e. The highest BCUT2D eigenvalue weighted by atomic mass is 19.1. The van der Waals surface area contributed by atoms with Crippen molar-refractivity contribution in [2.24, 2.45) is 0 Å². The summed E-state index contributed by atoms with van der Waals surface area (Å²) in [6, 6.07) is 8.36. The molecule has 21 heavy (non-hydrogen) atoms. The lowest BCUT2D eigenvalue weighted by Gasteiger charge is -2.15. The van der Waals surface area contributed by atoms with Crippen molar-refractivity contribution in [3.05, 3.63) is 66.0 Å². The zero-order valence-corrected chi connectivity index (χ0v) is 11.7. The highest BCUT2D eigenvalue weighted by Crippen LogP contribution is 2.22. The van der Waals surface area contributed by atoms with Gasteiger partial charge >= 0.3 is 0 Å². The Kier molecular flexibility index (Phi) is 3.83. The van der Waals surface area contributed by atoms with E-state index in [1.807, 2.05) is 19.3 Å². The quantitative estimate of drug-likeness (QED) is 0.781. The zero-order valence-electron chi connectivity index (χ0n) is 11.7. The molecule has 0 atom stereocenters. The van der Waals surface area contributed by atoms with E-state index in [0.717, 1.165) is 35.5 Å². The predicted molar refractivity (Wildman–Crippen MR) is 77.9 cm³/mol. The number of aromatic amines is 1. The maximum absolute atomic E-state index is 13.0. The average Bonchev–Trinajstić information content (AvgIpc) is 3.11. The molecule has 108 valence electrons. The fourth-order valence-electron chi connectivity index (χ4n) is 2.34. The highest BCUT2D eigenvalue weighted by Gasteiger charge is 2.11. The van der Waals surface area contributed by atoms with Crippen LogP contribution in [-0.2, 0) is 13.1 Å². The summed E-state index contributed by atoms with van der Waals surface area (Å²) in [7, 11) is 2.04. The molecule has 0 amide bonds. The van der Waals surface area contributed by atoms with Crippen molar-refractivity contribution >= 4 is 0 Å². The average molecular weight is 285 g/mol. The van der Waals surface area contributed by atoms with E-state index in [4.69, 9.17) is 4.42 Å². The van der Waals surface area contributed by atoms with Crippen LogP contribution in [0, 0.1) is 5.82 Å². The first-order chi connectivity index (χ1) is 10.2. The molecule has 5 heteroatoms. The molecule has 3 rings (SSSR count). The van der Waals surface area contributed by atoms with Crippen LogP contribution in [0.25, 0.3) is 11.3 Å². The van der Waals surface area contributed by atoms with Crippen molar-refractivity contribution < 1.29 is 8.81 Å². The molecule has 0 radical (unpaired) electrons. The van der Waals surface area contributed by atoms with Crippen LogP contribution in [0.4, 0.5) is 4.39 Å². The van der Waals surface area contributed by atoms with Crippen LogP contribution in [0.15, 0.2) is 53.5 Å². The summed E-state index contributed by atoms with van der Waals surface area (Å²) in [6.07, 6.45) is 5.22. The number of hydrogen-bond acceptors (Lipinski definition) is 3. The summed E-state index contributed by atoms with van der Waals surface area (Å²) in [5.41, 5.74) is 4.06. The Balaban J connectivity index is 1.74. The lowest BCUT2D eigenvalue weighted by Crippen LogP contribution is -2.16. The Morgan fingerprint density at radius 3 is 2.71 bits per heavy atom. The third-order valence-electron chi connectivity index (χ3n) is 3.32. The second kappa shape index (κ2) is 5.93. The third kappa shape index (κ3) is 3.20. The SMILES string of the molecule is CN(Cc1ccoc1)Cc1cn[nH]c1-c1ccc(F)cc1. The minimum absolute atomic E-state index is 0.239. The molecule has 4 nitrogen and oxygen atoms in total. The molecule has 0 aliphatic carbocycles. The molecule has 0 aliphatic rings. The van der Waals surface area contributed by atoms with Gasteiger partial charge in [0.25, 0.3) is 0 Å². The molecule has 0 saturated carbocycles. The number of rotatable bonds is 5. The summed E-state index contributed by atoms with van der Waals surface area (Å²) in [6.45, 7) is 1.54. The molecular formula is C16H16FN3O. The van der Waals surface area contributed by atoms with E-state index < -0.39 is 0 Å². The molecule has 0 aliphatic heterocycles. The van der Waals surface area contributed by atoms with Gasteiger partial charge in [0.1, 0.15) is 5.82 Å². The molecule has 0 bridgehead atoms. The van der Waals surface area contributed by atoms with E-state index in [2.05, 4.69) is 15.1 Å².